The number of hydrogen-bond acceptors (Lipinski definition) is 4. The van der Waals surface area contributed by atoms with Gasteiger partial charge in [-0.2, -0.15) is 0 Å². The lowest BCUT2D eigenvalue weighted by atomic mass is 10.1. The van der Waals surface area contributed by atoms with Crippen LogP contribution in [0.2, 0.25) is 0 Å². The van der Waals surface area contributed by atoms with Gasteiger partial charge in [0.1, 0.15) is 11.6 Å². The molecule has 0 aliphatic carbocycles. The van der Waals surface area contributed by atoms with E-state index in [2.05, 4.69) is 10.6 Å². The smallest absolute Gasteiger partial charge is 0.408 e. The first kappa shape index (κ1) is 17.7. The van der Waals surface area contributed by atoms with E-state index >= 15 is 0 Å². The van der Waals surface area contributed by atoms with Crippen molar-refractivity contribution in [1.29, 1.82) is 0 Å². The summed E-state index contributed by atoms with van der Waals surface area (Å²) >= 11 is 5.21. The molecule has 0 aromatic carbocycles. The summed E-state index contributed by atoms with van der Waals surface area (Å²) in [5, 5.41) is 6.05. The summed E-state index contributed by atoms with van der Waals surface area (Å²) < 4.78 is 5.20. The van der Waals surface area contributed by atoms with Crippen LogP contribution in [-0.2, 0) is 9.53 Å². The minimum atomic E-state index is -0.587. The van der Waals surface area contributed by atoms with Crippen molar-refractivity contribution in [2.24, 2.45) is 0 Å². The topological polar surface area (TPSA) is 70.7 Å². The zero-order chi connectivity index (χ0) is 16.0. The SMILES string of the molecule is CCNC(=S)N1CCCC[C@H](NC(=O)OC(C)(C)C)C1=O. The average Bonchev–Trinajstić information content (AvgIpc) is 2.50. The van der Waals surface area contributed by atoms with E-state index in [1.807, 2.05) is 6.92 Å². The number of nitrogens with zero attached hydrogens (tertiary/aromatic N) is 1. The van der Waals surface area contributed by atoms with Gasteiger partial charge in [0.25, 0.3) is 5.91 Å². The highest BCUT2D eigenvalue weighted by Gasteiger charge is 2.31. The fraction of sp³-hybridized carbons (Fsp3) is 0.786. The number of amides is 2. The molecule has 0 bridgehead atoms. The van der Waals surface area contributed by atoms with Crippen molar-refractivity contribution >= 4 is 29.3 Å². The molecule has 1 saturated heterocycles. The zero-order valence-electron chi connectivity index (χ0n) is 13.2. The van der Waals surface area contributed by atoms with Gasteiger partial charge in [-0.3, -0.25) is 9.69 Å². The first-order valence-electron chi connectivity index (χ1n) is 7.33. The molecule has 120 valence electrons. The lowest BCUT2D eigenvalue weighted by molar-refractivity contribution is -0.129. The van der Waals surface area contributed by atoms with Gasteiger partial charge < -0.3 is 15.4 Å². The molecule has 0 aromatic heterocycles. The van der Waals surface area contributed by atoms with Gasteiger partial charge in [-0.25, -0.2) is 4.79 Å². The predicted octanol–water partition coefficient (Wildman–Crippen LogP) is 1.79. The van der Waals surface area contributed by atoms with E-state index in [0.29, 0.717) is 24.6 Å². The van der Waals surface area contributed by atoms with Crippen molar-refractivity contribution < 1.29 is 14.3 Å². The molecular weight excluding hydrogens is 290 g/mol. The van der Waals surface area contributed by atoms with Crippen molar-refractivity contribution in [1.82, 2.24) is 15.5 Å². The van der Waals surface area contributed by atoms with E-state index < -0.39 is 17.7 Å². The van der Waals surface area contributed by atoms with Crippen LogP contribution >= 0.6 is 12.2 Å². The van der Waals surface area contributed by atoms with E-state index in [-0.39, 0.29) is 5.91 Å². The minimum Gasteiger partial charge on any atom is -0.444 e. The summed E-state index contributed by atoms with van der Waals surface area (Å²) in [7, 11) is 0. The van der Waals surface area contributed by atoms with Crippen LogP contribution in [0.25, 0.3) is 0 Å². The maximum absolute atomic E-state index is 12.5. The van der Waals surface area contributed by atoms with Crippen LogP contribution in [-0.4, -0.2) is 46.7 Å². The van der Waals surface area contributed by atoms with Crippen LogP contribution in [0.5, 0.6) is 0 Å². The Labute approximate surface area is 131 Å². The maximum Gasteiger partial charge on any atom is 0.408 e. The molecule has 0 aromatic rings. The number of carbonyl (C=O) groups is 2. The molecule has 1 fully saturated rings. The molecule has 1 heterocycles. The van der Waals surface area contributed by atoms with Gasteiger partial charge in [-0.1, -0.05) is 0 Å². The third-order valence-corrected chi connectivity index (χ3v) is 3.32. The second kappa shape index (κ2) is 7.59. The van der Waals surface area contributed by atoms with Crippen molar-refractivity contribution in [3.63, 3.8) is 0 Å². The normalized spacial score (nSPS) is 19.7. The molecule has 1 aliphatic heterocycles. The molecule has 2 N–H and O–H groups in total. The quantitative estimate of drug-likeness (QED) is 0.760. The number of thiocarbonyl (C=S) groups is 1. The first-order valence-corrected chi connectivity index (χ1v) is 7.74. The van der Waals surface area contributed by atoms with E-state index in [4.69, 9.17) is 17.0 Å². The van der Waals surface area contributed by atoms with E-state index in [0.717, 1.165) is 12.8 Å². The van der Waals surface area contributed by atoms with Gasteiger partial charge in [0.2, 0.25) is 0 Å². The van der Waals surface area contributed by atoms with E-state index in [1.54, 1.807) is 20.8 Å². The van der Waals surface area contributed by atoms with Crippen molar-refractivity contribution in [2.75, 3.05) is 13.1 Å². The Morgan fingerprint density at radius 1 is 1.43 bits per heavy atom. The number of likely N-dealkylation sites (tertiary alicyclic amines) is 1. The second-order valence-electron chi connectivity index (χ2n) is 6.02. The predicted molar refractivity (Wildman–Crippen MR) is 85.0 cm³/mol. The van der Waals surface area contributed by atoms with Crippen LogP contribution in [0.3, 0.4) is 0 Å². The minimum absolute atomic E-state index is 0.177. The fourth-order valence-corrected chi connectivity index (χ4v) is 2.40. The van der Waals surface area contributed by atoms with Crippen LogP contribution in [0.1, 0.15) is 47.0 Å². The summed E-state index contributed by atoms with van der Waals surface area (Å²) in [6.45, 7) is 8.52. The highest BCUT2D eigenvalue weighted by Crippen LogP contribution is 2.14. The first-order chi connectivity index (χ1) is 9.74. The number of rotatable bonds is 2. The summed E-state index contributed by atoms with van der Waals surface area (Å²) in [5.74, 6) is -0.177. The van der Waals surface area contributed by atoms with E-state index in [9.17, 15) is 9.59 Å². The lowest BCUT2D eigenvalue weighted by Crippen LogP contribution is -2.52. The molecule has 1 atom stereocenters. The largest absolute Gasteiger partial charge is 0.444 e. The average molecular weight is 315 g/mol. The van der Waals surface area contributed by atoms with Crippen LogP contribution in [0.15, 0.2) is 0 Å². The van der Waals surface area contributed by atoms with Crippen molar-refractivity contribution in [2.45, 2.75) is 58.6 Å². The monoisotopic (exact) mass is 315 g/mol. The van der Waals surface area contributed by atoms with Gasteiger partial charge in [0.05, 0.1) is 0 Å². The summed E-state index contributed by atoms with van der Waals surface area (Å²) in [6, 6.07) is -0.584. The molecule has 0 saturated carbocycles. The Balaban J connectivity index is 2.70. The summed E-state index contributed by atoms with van der Waals surface area (Å²) in [4.78, 5) is 25.9. The summed E-state index contributed by atoms with van der Waals surface area (Å²) in [6.07, 6.45) is 1.75. The third kappa shape index (κ3) is 5.87. The number of nitrogens with one attached hydrogen (secondary N) is 2. The van der Waals surface area contributed by atoms with Gasteiger partial charge in [0.15, 0.2) is 5.11 Å². The molecular formula is C14H25N3O3S. The number of ether oxygens (including phenoxy) is 1. The number of alkyl carbamates (subject to hydrolysis) is 1. The van der Waals surface area contributed by atoms with Crippen LogP contribution in [0.4, 0.5) is 4.79 Å². The Hall–Kier alpha value is -1.37. The lowest BCUT2D eigenvalue weighted by Gasteiger charge is -2.26. The molecule has 2 amide bonds. The van der Waals surface area contributed by atoms with Gasteiger partial charge in [-0.05, 0) is 59.2 Å². The highest BCUT2D eigenvalue weighted by atomic mass is 32.1. The Kier molecular flexibility index (Phi) is 6.39. The second-order valence-corrected chi connectivity index (χ2v) is 6.41. The summed E-state index contributed by atoms with van der Waals surface area (Å²) in [5.41, 5.74) is -0.587. The molecule has 1 rings (SSSR count). The highest BCUT2D eigenvalue weighted by molar-refractivity contribution is 7.80. The van der Waals surface area contributed by atoms with Gasteiger partial charge >= 0.3 is 6.09 Å². The maximum atomic E-state index is 12.5. The van der Waals surface area contributed by atoms with Crippen LogP contribution < -0.4 is 10.6 Å². The van der Waals surface area contributed by atoms with Crippen molar-refractivity contribution in [3.05, 3.63) is 0 Å². The van der Waals surface area contributed by atoms with Crippen LogP contribution in [0, 0.1) is 0 Å². The molecule has 1 aliphatic rings. The molecule has 0 radical (unpaired) electrons. The molecule has 21 heavy (non-hydrogen) atoms. The Morgan fingerprint density at radius 3 is 2.67 bits per heavy atom. The van der Waals surface area contributed by atoms with Gasteiger partial charge in [-0.15, -0.1) is 0 Å². The Morgan fingerprint density at radius 2 is 2.10 bits per heavy atom. The molecule has 7 heteroatoms. The standard InChI is InChI=1S/C14H25N3O3S/c1-5-15-12(21)17-9-7-6-8-10(11(17)18)16-13(19)20-14(2,3)4/h10H,5-9H2,1-4H3,(H,15,21)(H,16,19)/t10-/m0/s1. The van der Waals surface area contributed by atoms with Crippen molar-refractivity contribution in [3.8, 4) is 0 Å². The molecule has 0 unspecified atom stereocenters. The molecule has 0 spiro atoms. The van der Waals surface area contributed by atoms with Gasteiger partial charge in [0, 0.05) is 13.1 Å². The van der Waals surface area contributed by atoms with E-state index in [1.165, 1.54) is 4.90 Å². The number of carbonyl (C=O) groups excluding carboxylic acids is 2. The zero-order valence-corrected chi connectivity index (χ0v) is 14.0. The fourth-order valence-electron chi connectivity index (χ4n) is 2.07. The Bertz CT molecular complexity index is 407. The number of hydrogen-bond donors (Lipinski definition) is 2. The third-order valence-electron chi connectivity index (χ3n) is 2.95. The molecule has 6 nitrogen and oxygen atoms in total.